The van der Waals surface area contributed by atoms with Gasteiger partial charge in [-0.2, -0.15) is 0 Å². The number of carbonyl (C=O) groups excluding carboxylic acids is 2. The Labute approximate surface area is 226 Å². The molecule has 2 aliphatic carbocycles. The third kappa shape index (κ3) is 5.67. The third-order valence-electron chi connectivity index (χ3n) is 7.93. The van der Waals surface area contributed by atoms with E-state index in [4.69, 9.17) is 0 Å². The van der Waals surface area contributed by atoms with Gasteiger partial charge in [0.2, 0.25) is 5.91 Å². The maximum absolute atomic E-state index is 14.2. The predicted octanol–water partition coefficient (Wildman–Crippen LogP) is 7.17. The highest BCUT2D eigenvalue weighted by atomic mass is 16.2. The lowest BCUT2D eigenvalue weighted by Crippen LogP contribution is -2.47. The Hall–Kier alpha value is -3.47. The second kappa shape index (κ2) is 11.1. The number of rotatable bonds is 6. The largest absolute Gasteiger partial charge is 0.351 e. The van der Waals surface area contributed by atoms with Gasteiger partial charge in [-0.25, -0.2) is 0 Å². The number of fused-ring (bicyclic) bond motifs is 1. The average Bonchev–Trinajstić information content (AvgIpc) is 3.46. The standard InChI is InChI=1S/C33H39N3O2/c1-33(2,3)26-17-19-28(20-18-26)36(32(38)23-11-7-8-12-23)30(31(37)35-27-14-5-4-6-15-27)25-21-24-13-9-10-16-29(24)34-22-25/h9-11,13,16-22,27,30H,4-8,12,14-15H2,1-3H3,(H,35,37). The Morgan fingerprint density at radius 2 is 1.71 bits per heavy atom. The first-order chi connectivity index (χ1) is 18.3. The maximum atomic E-state index is 14.2. The van der Waals surface area contributed by atoms with Crippen molar-refractivity contribution in [3.8, 4) is 0 Å². The number of amides is 2. The lowest BCUT2D eigenvalue weighted by Gasteiger charge is -2.34. The van der Waals surface area contributed by atoms with Gasteiger partial charge in [-0.15, -0.1) is 0 Å². The zero-order valence-electron chi connectivity index (χ0n) is 22.9. The van der Waals surface area contributed by atoms with Crippen LogP contribution in [0.1, 0.15) is 89.3 Å². The second-order valence-corrected chi connectivity index (χ2v) is 11.8. The highest BCUT2D eigenvalue weighted by Gasteiger charge is 2.36. The SMILES string of the molecule is CC(C)(C)c1ccc(N(C(=O)C2=CCCC2)C(C(=O)NC2CCCCC2)c2cnc3ccccc3c2)cc1. The lowest BCUT2D eigenvalue weighted by atomic mass is 9.87. The molecular weight excluding hydrogens is 470 g/mol. The molecule has 38 heavy (non-hydrogen) atoms. The summed E-state index contributed by atoms with van der Waals surface area (Å²) in [5.74, 6) is -0.233. The minimum Gasteiger partial charge on any atom is -0.351 e. The number of allylic oxidation sites excluding steroid dienone is 1. The first-order valence-electron chi connectivity index (χ1n) is 14.1. The quantitative estimate of drug-likeness (QED) is 0.383. The van der Waals surface area contributed by atoms with Gasteiger partial charge in [-0.3, -0.25) is 19.5 Å². The molecule has 1 saturated carbocycles. The molecule has 1 aromatic heterocycles. The smallest absolute Gasteiger partial charge is 0.254 e. The molecule has 0 aliphatic heterocycles. The number of carbonyl (C=O) groups is 2. The van der Waals surface area contributed by atoms with E-state index in [9.17, 15) is 9.59 Å². The van der Waals surface area contributed by atoms with Crippen molar-refractivity contribution in [1.29, 1.82) is 0 Å². The van der Waals surface area contributed by atoms with Gasteiger partial charge >= 0.3 is 0 Å². The molecule has 2 aromatic carbocycles. The van der Waals surface area contributed by atoms with Crippen LogP contribution in [0.5, 0.6) is 0 Å². The van der Waals surface area contributed by atoms with Crippen LogP contribution in [0.4, 0.5) is 5.69 Å². The first-order valence-corrected chi connectivity index (χ1v) is 14.1. The zero-order valence-corrected chi connectivity index (χ0v) is 22.9. The van der Waals surface area contributed by atoms with Crippen LogP contribution in [0.25, 0.3) is 10.9 Å². The molecule has 5 heteroatoms. The van der Waals surface area contributed by atoms with Crippen molar-refractivity contribution in [3.05, 3.63) is 83.6 Å². The summed E-state index contributed by atoms with van der Waals surface area (Å²) < 4.78 is 0. The topological polar surface area (TPSA) is 62.3 Å². The molecule has 0 bridgehead atoms. The molecule has 5 nitrogen and oxygen atoms in total. The summed E-state index contributed by atoms with van der Waals surface area (Å²) >= 11 is 0. The molecule has 1 unspecified atom stereocenters. The number of nitrogens with one attached hydrogen (secondary N) is 1. The summed E-state index contributed by atoms with van der Waals surface area (Å²) in [6.07, 6.45) is 11.8. The van der Waals surface area contributed by atoms with Gasteiger partial charge in [0.1, 0.15) is 6.04 Å². The van der Waals surface area contributed by atoms with E-state index < -0.39 is 6.04 Å². The van der Waals surface area contributed by atoms with Crippen LogP contribution in [-0.4, -0.2) is 22.8 Å². The monoisotopic (exact) mass is 509 g/mol. The Bertz CT molecular complexity index is 1330. The summed E-state index contributed by atoms with van der Waals surface area (Å²) in [7, 11) is 0. The molecule has 1 N–H and O–H groups in total. The number of nitrogens with zero attached hydrogens (tertiary/aromatic N) is 2. The van der Waals surface area contributed by atoms with Crippen molar-refractivity contribution >= 4 is 28.4 Å². The van der Waals surface area contributed by atoms with Crippen molar-refractivity contribution in [2.24, 2.45) is 0 Å². The molecule has 0 spiro atoms. The number of hydrogen-bond donors (Lipinski definition) is 1. The molecule has 1 heterocycles. The Morgan fingerprint density at radius 1 is 0.974 bits per heavy atom. The van der Waals surface area contributed by atoms with Crippen LogP contribution in [0.15, 0.2) is 72.4 Å². The highest BCUT2D eigenvalue weighted by molar-refractivity contribution is 6.10. The van der Waals surface area contributed by atoms with Crippen molar-refractivity contribution in [2.45, 2.75) is 89.6 Å². The van der Waals surface area contributed by atoms with E-state index in [1.54, 1.807) is 11.1 Å². The summed E-state index contributed by atoms with van der Waals surface area (Å²) in [5, 5.41) is 4.27. The Morgan fingerprint density at radius 3 is 2.39 bits per heavy atom. The molecule has 1 atom stereocenters. The number of benzene rings is 2. The van der Waals surface area contributed by atoms with E-state index in [2.05, 4.69) is 43.2 Å². The van der Waals surface area contributed by atoms with Gasteiger partial charge in [0.25, 0.3) is 5.91 Å². The van der Waals surface area contributed by atoms with E-state index in [1.807, 2.05) is 48.5 Å². The minimum absolute atomic E-state index is 0.0125. The summed E-state index contributed by atoms with van der Waals surface area (Å²) in [6.45, 7) is 6.53. The molecular formula is C33H39N3O2. The van der Waals surface area contributed by atoms with E-state index >= 15 is 0 Å². The van der Waals surface area contributed by atoms with Crippen LogP contribution in [0.2, 0.25) is 0 Å². The number of para-hydroxylation sites is 1. The number of hydrogen-bond acceptors (Lipinski definition) is 3. The predicted molar refractivity (Wildman–Crippen MR) is 154 cm³/mol. The first kappa shape index (κ1) is 26.1. The van der Waals surface area contributed by atoms with Gasteiger partial charge in [0.15, 0.2) is 0 Å². The fourth-order valence-corrected chi connectivity index (χ4v) is 5.71. The van der Waals surface area contributed by atoms with Crippen LogP contribution in [-0.2, 0) is 15.0 Å². The highest BCUT2D eigenvalue weighted by Crippen LogP contribution is 2.34. The van der Waals surface area contributed by atoms with Crippen LogP contribution < -0.4 is 10.2 Å². The van der Waals surface area contributed by atoms with Crippen molar-refractivity contribution < 1.29 is 9.59 Å². The average molecular weight is 510 g/mol. The van der Waals surface area contributed by atoms with Gasteiger partial charge in [-0.05, 0) is 67.3 Å². The lowest BCUT2D eigenvalue weighted by molar-refractivity contribution is -0.126. The summed E-state index contributed by atoms with van der Waals surface area (Å²) in [5.41, 5.74) is 4.28. The van der Waals surface area contributed by atoms with E-state index in [1.165, 1.54) is 12.0 Å². The van der Waals surface area contributed by atoms with Crippen LogP contribution >= 0.6 is 0 Å². The summed E-state index contributed by atoms with van der Waals surface area (Å²) in [4.78, 5) is 34.7. The van der Waals surface area contributed by atoms with Gasteiger partial charge < -0.3 is 5.32 Å². The van der Waals surface area contributed by atoms with E-state index in [-0.39, 0.29) is 23.3 Å². The maximum Gasteiger partial charge on any atom is 0.254 e. The van der Waals surface area contributed by atoms with Crippen LogP contribution in [0, 0.1) is 0 Å². The normalized spacial score (nSPS) is 17.2. The zero-order chi connectivity index (χ0) is 26.7. The fraction of sp³-hybridized carbons (Fsp3) is 0.424. The van der Waals surface area contributed by atoms with Gasteiger partial charge in [-0.1, -0.05) is 76.4 Å². The number of aromatic nitrogens is 1. The van der Waals surface area contributed by atoms with Gasteiger partial charge in [0, 0.05) is 34.4 Å². The summed E-state index contributed by atoms with van der Waals surface area (Å²) in [6, 6.07) is 17.4. The molecule has 198 valence electrons. The van der Waals surface area contributed by atoms with Gasteiger partial charge in [0.05, 0.1) is 5.52 Å². The van der Waals surface area contributed by atoms with E-state index in [0.29, 0.717) is 0 Å². The molecule has 0 radical (unpaired) electrons. The fourth-order valence-electron chi connectivity index (χ4n) is 5.71. The third-order valence-corrected chi connectivity index (χ3v) is 7.93. The molecule has 3 aromatic rings. The Balaban J connectivity index is 1.61. The second-order valence-electron chi connectivity index (χ2n) is 11.8. The van der Waals surface area contributed by atoms with Crippen molar-refractivity contribution in [1.82, 2.24) is 10.3 Å². The number of anilines is 1. The molecule has 0 saturated heterocycles. The van der Waals surface area contributed by atoms with E-state index in [0.717, 1.165) is 72.7 Å². The molecule has 2 amide bonds. The Kier molecular flexibility index (Phi) is 7.64. The van der Waals surface area contributed by atoms with Crippen molar-refractivity contribution in [3.63, 3.8) is 0 Å². The molecule has 1 fully saturated rings. The number of pyridine rings is 1. The molecule has 2 aliphatic rings. The van der Waals surface area contributed by atoms with Crippen LogP contribution in [0.3, 0.4) is 0 Å². The minimum atomic E-state index is -0.816. The van der Waals surface area contributed by atoms with Crippen molar-refractivity contribution in [2.75, 3.05) is 4.90 Å². The molecule has 5 rings (SSSR count).